The fraction of sp³-hybridized carbons (Fsp3) is 0.100. The zero-order valence-corrected chi connectivity index (χ0v) is 7.62. The first-order valence-electron chi connectivity index (χ1n) is 4.15. The molecule has 14 heavy (non-hydrogen) atoms. The summed E-state index contributed by atoms with van der Waals surface area (Å²) in [5, 5.41) is 3.50. The third kappa shape index (κ3) is 1.35. The second-order valence-corrected chi connectivity index (χ2v) is 3.09. The molecule has 0 fully saturated rings. The number of hydrogen-bond donors (Lipinski definition) is 1. The summed E-state index contributed by atoms with van der Waals surface area (Å²) in [4.78, 5) is 0. The van der Waals surface area contributed by atoms with E-state index in [1.165, 1.54) is 12.3 Å². The van der Waals surface area contributed by atoms with Crippen LogP contribution in [0.25, 0.3) is 11.3 Å². The largest absolute Gasteiger partial charge is 0.394 e. The van der Waals surface area contributed by atoms with Gasteiger partial charge in [-0.05, 0) is 19.1 Å². The predicted octanol–water partition coefficient (Wildman–Crippen LogP) is 2.37. The first-order valence-corrected chi connectivity index (χ1v) is 4.15. The van der Waals surface area contributed by atoms with Crippen LogP contribution in [0.3, 0.4) is 0 Å². The van der Waals surface area contributed by atoms with Crippen molar-refractivity contribution in [2.24, 2.45) is 0 Å². The van der Waals surface area contributed by atoms with E-state index >= 15 is 0 Å². The van der Waals surface area contributed by atoms with Crippen molar-refractivity contribution in [2.45, 2.75) is 6.92 Å². The fourth-order valence-electron chi connectivity index (χ4n) is 1.26. The summed E-state index contributed by atoms with van der Waals surface area (Å²) in [7, 11) is 0. The molecule has 2 aromatic rings. The molecular formula is C10H9FN2O. The number of nitrogens with zero attached hydrogens (tertiary/aromatic N) is 1. The summed E-state index contributed by atoms with van der Waals surface area (Å²) in [5.74, 6) is -0.0785. The summed E-state index contributed by atoms with van der Waals surface area (Å²) < 4.78 is 18.2. The number of benzene rings is 1. The van der Waals surface area contributed by atoms with Crippen LogP contribution in [0.2, 0.25) is 0 Å². The summed E-state index contributed by atoms with van der Waals surface area (Å²) in [6.45, 7) is 1.87. The monoisotopic (exact) mass is 192 g/mol. The van der Waals surface area contributed by atoms with E-state index in [2.05, 4.69) is 5.16 Å². The van der Waals surface area contributed by atoms with E-state index in [0.717, 1.165) is 5.56 Å². The Labute approximate surface area is 80.3 Å². The van der Waals surface area contributed by atoms with Gasteiger partial charge in [0, 0.05) is 0 Å². The highest BCUT2D eigenvalue weighted by Crippen LogP contribution is 2.28. The van der Waals surface area contributed by atoms with E-state index in [9.17, 15) is 4.39 Å². The van der Waals surface area contributed by atoms with Gasteiger partial charge in [-0.25, -0.2) is 4.39 Å². The number of nitrogen functional groups attached to an aromatic ring is 1. The first-order chi connectivity index (χ1) is 6.68. The molecule has 0 bridgehead atoms. The lowest BCUT2D eigenvalue weighted by molar-refractivity contribution is 0.430. The van der Waals surface area contributed by atoms with Crippen LogP contribution < -0.4 is 5.73 Å². The second kappa shape index (κ2) is 3.14. The van der Waals surface area contributed by atoms with Crippen molar-refractivity contribution < 1.29 is 8.91 Å². The Morgan fingerprint density at radius 2 is 2.21 bits per heavy atom. The molecule has 0 aliphatic rings. The highest BCUT2D eigenvalue weighted by molar-refractivity contribution is 5.70. The van der Waals surface area contributed by atoms with Crippen LogP contribution in [-0.4, -0.2) is 5.16 Å². The number of aromatic nitrogens is 1. The Balaban J connectivity index is 2.62. The number of hydrogen-bond acceptors (Lipinski definition) is 3. The molecule has 72 valence electrons. The molecular weight excluding hydrogens is 183 g/mol. The van der Waals surface area contributed by atoms with Gasteiger partial charge < -0.3 is 10.3 Å². The highest BCUT2D eigenvalue weighted by atomic mass is 19.1. The van der Waals surface area contributed by atoms with Crippen molar-refractivity contribution >= 4 is 5.69 Å². The van der Waals surface area contributed by atoms with Crippen LogP contribution in [0.4, 0.5) is 10.1 Å². The molecule has 4 heteroatoms. The van der Waals surface area contributed by atoms with Gasteiger partial charge >= 0.3 is 0 Å². The molecule has 0 radical (unpaired) electrons. The molecule has 1 aromatic heterocycles. The van der Waals surface area contributed by atoms with E-state index in [1.807, 2.05) is 6.92 Å². The molecule has 0 saturated heterocycles. The lowest BCUT2D eigenvalue weighted by atomic mass is 10.1. The van der Waals surface area contributed by atoms with Crippen LogP contribution in [-0.2, 0) is 0 Å². The van der Waals surface area contributed by atoms with Crippen molar-refractivity contribution in [1.82, 2.24) is 5.16 Å². The molecule has 0 amide bonds. The molecule has 0 spiro atoms. The smallest absolute Gasteiger partial charge is 0.192 e. The van der Waals surface area contributed by atoms with Crippen LogP contribution in [0.15, 0.2) is 28.9 Å². The van der Waals surface area contributed by atoms with Gasteiger partial charge in [0.15, 0.2) is 5.76 Å². The number of anilines is 1. The Morgan fingerprint density at radius 3 is 2.86 bits per heavy atom. The molecule has 2 N–H and O–H groups in total. The number of rotatable bonds is 1. The Morgan fingerprint density at radius 1 is 1.43 bits per heavy atom. The zero-order valence-electron chi connectivity index (χ0n) is 7.62. The van der Waals surface area contributed by atoms with E-state index < -0.39 is 0 Å². The summed E-state index contributed by atoms with van der Waals surface area (Å²) in [5.41, 5.74) is 7.20. The quantitative estimate of drug-likeness (QED) is 0.754. The SMILES string of the molecule is Cc1ccc(F)c(-c2oncc2N)c1. The van der Waals surface area contributed by atoms with E-state index in [0.29, 0.717) is 11.3 Å². The lowest BCUT2D eigenvalue weighted by Crippen LogP contribution is -1.88. The molecule has 3 nitrogen and oxygen atoms in total. The molecule has 0 aliphatic heterocycles. The first kappa shape index (κ1) is 8.74. The van der Waals surface area contributed by atoms with Crippen molar-refractivity contribution in [1.29, 1.82) is 0 Å². The van der Waals surface area contributed by atoms with Crippen LogP contribution in [0.5, 0.6) is 0 Å². The molecule has 2 rings (SSSR count). The lowest BCUT2D eigenvalue weighted by Gasteiger charge is -2.00. The van der Waals surface area contributed by atoms with Gasteiger partial charge in [0.25, 0.3) is 0 Å². The Hall–Kier alpha value is -1.84. The van der Waals surface area contributed by atoms with Crippen LogP contribution in [0.1, 0.15) is 5.56 Å². The van der Waals surface area contributed by atoms with Gasteiger partial charge in [0.05, 0.1) is 11.8 Å². The Kier molecular flexibility index (Phi) is 1.96. The van der Waals surface area contributed by atoms with Crippen molar-refractivity contribution in [2.75, 3.05) is 5.73 Å². The minimum Gasteiger partial charge on any atom is -0.394 e. The summed E-state index contributed by atoms with van der Waals surface area (Å²) >= 11 is 0. The number of halogens is 1. The van der Waals surface area contributed by atoms with E-state index in [-0.39, 0.29) is 11.6 Å². The average molecular weight is 192 g/mol. The maximum atomic E-state index is 13.4. The van der Waals surface area contributed by atoms with Gasteiger partial charge in [-0.2, -0.15) is 0 Å². The van der Waals surface area contributed by atoms with Crippen LogP contribution in [0, 0.1) is 12.7 Å². The van der Waals surface area contributed by atoms with Gasteiger partial charge in [-0.1, -0.05) is 16.8 Å². The Bertz CT molecular complexity index is 465. The third-order valence-electron chi connectivity index (χ3n) is 1.96. The number of aryl methyl sites for hydroxylation is 1. The average Bonchev–Trinajstić information content (AvgIpc) is 2.56. The predicted molar refractivity (Wildman–Crippen MR) is 51.0 cm³/mol. The fourth-order valence-corrected chi connectivity index (χ4v) is 1.26. The maximum absolute atomic E-state index is 13.4. The third-order valence-corrected chi connectivity index (χ3v) is 1.96. The molecule has 1 aromatic carbocycles. The van der Waals surface area contributed by atoms with Crippen molar-refractivity contribution in [3.8, 4) is 11.3 Å². The van der Waals surface area contributed by atoms with E-state index in [4.69, 9.17) is 10.3 Å². The zero-order chi connectivity index (χ0) is 10.1. The summed E-state index contributed by atoms with van der Waals surface area (Å²) in [6, 6.07) is 4.74. The molecule has 0 unspecified atom stereocenters. The molecule has 0 aliphatic carbocycles. The van der Waals surface area contributed by atoms with Crippen LogP contribution >= 0.6 is 0 Å². The second-order valence-electron chi connectivity index (χ2n) is 3.09. The number of nitrogens with two attached hydrogens (primary N) is 1. The molecule has 0 atom stereocenters. The summed E-state index contributed by atoms with van der Waals surface area (Å²) in [6.07, 6.45) is 1.36. The standard InChI is InChI=1S/C10H9FN2O/c1-6-2-3-8(11)7(4-6)10-9(12)5-13-14-10/h2-5H,12H2,1H3. The topological polar surface area (TPSA) is 52.0 Å². The van der Waals surface area contributed by atoms with Gasteiger partial charge in [-0.15, -0.1) is 0 Å². The van der Waals surface area contributed by atoms with Crippen molar-refractivity contribution in [3.05, 3.63) is 35.8 Å². The molecule has 1 heterocycles. The van der Waals surface area contributed by atoms with Gasteiger partial charge in [0.2, 0.25) is 0 Å². The maximum Gasteiger partial charge on any atom is 0.192 e. The van der Waals surface area contributed by atoms with E-state index in [1.54, 1.807) is 12.1 Å². The van der Waals surface area contributed by atoms with Crippen molar-refractivity contribution in [3.63, 3.8) is 0 Å². The van der Waals surface area contributed by atoms with Gasteiger partial charge in [0.1, 0.15) is 11.5 Å². The normalized spacial score (nSPS) is 10.4. The molecule has 0 saturated carbocycles. The minimum atomic E-state index is -0.362. The highest BCUT2D eigenvalue weighted by Gasteiger charge is 2.12. The minimum absolute atomic E-state index is 0.284. The van der Waals surface area contributed by atoms with Gasteiger partial charge in [-0.3, -0.25) is 0 Å².